The summed E-state index contributed by atoms with van der Waals surface area (Å²) in [4.78, 5) is 8.68. The molecule has 0 aliphatic carbocycles. The van der Waals surface area contributed by atoms with Crippen LogP contribution in [-0.4, -0.2) is 42.2 Å². The molecule has 2 heterocycles. The minimum absolute atomic E-state index is 0.443. The Morgan fingerprint density at radius 2 is 1.71 bits per heavy atom. The van der Waals surface area contributed by atoms with Crippen molar-refractivity contribution >= 4 is 0 Å². The van der Waals surface area contributed by atoms with Gasteiger partial charge in [0.25, 0.3) is 0 Å². The predicted molar refractivity (Wildman–Crippen MR) is 85.8 cm³/mol. The molecule has 116 valence electrons. The lowest BCUT2D eigenvalue weighted by molar-refractivity contribution is -0.233. The monoisotopic (exact) mass is 288 g/mol. The SMILES string of the molecule is CC(C)N1CCC2(CCN(Cc3ccccc3)OC2)CC1. The van der Waals surface area contributed by atoms with Gasteiger partial charge in [-0.1, -0.05) is 30.3 Å². The van der Waals surface area contributed by atoms with Crippen LogP contribution in [0.4, 0.5) is 0 Å². The molecule has 0 N–H and O–H groups in total. The van der Waals surface area contributed by atoms with Crippen molar-refractivity contribution in [2.45, 2.75) is 45.7 Å². The minimum Gasteiger partial charge on any atom is -0.301 e. The second-order valence-electron chi connectivity index (χ2n) is 7.00. The lowest BCUT2D eigenvalue weighted by Gasteiger charge is -2.47. The van der Waals surface area contributed by atoms with E-state index < -0.39 is 0 Å². The Hall–Kier alpha value is -0.900. The van der Waals surface area contributed by atoms with Crippen LogP contribution in [0, 0.1) is 5.41 Å². The first-order valence-electron chi connectivity index (χ1n) is 8.33. The number of likely N-dealkylation sites (tertiary alicyclic amines) is 1. The molecule has 0 saturated carbocycles. The molecule has 2 saturated heterocycles. The maximum absolute atomic E-state index is 6.09. The highest BCUT2D eigenvalue weighted by Crippen LogP contribution is 2.39. The largest absolute Gasteiger partial charge is 0.301 e. The molecule has 0 amide bonds. The second kappa shape index (κ2) is 6.47. The summed E-state index contributed by atoms with van der Waals surface area (Å²) in [5, 5.41) is 2.15. The van der Waals surface area contributed by atoms with Gasteiger partial charge in [-0.15, -0.1) is 0 Å². The first-order chi connectivity index (χ1) is 10.2. The van der Waals surface area contributed by atoms with E-state index in [4.69, 9.17) is 4.84 Å². The number of rotatable bonds is 3. The third-order valence-corrected chi connectivity index (χ3v) is 5.24. The van der Waals surface area contributed by atoms with Gasteiger partial charge in [-0.2, -0.15) is 5.06 Å². The molecule has 0 unspecified atom stereocenters. The summed E-state index contributed by atoms with van der Waals surface area (Å²) < 4.78 is 0. The summed E-state index contributed by atoms with van der Waals surface area (Å²) in [5.74, 6) is 0. The fourth-order valence-electron chi connectivity index (χ4n) is 3.55. The Labute approximate surface area is 128 Å². The van der Waals surface area contributed by atoms with E-state index in [1.54, 1.807) is 0 Å². The van der Waals surface area contributed by atoms with E-state index in [0.717, 1.165) is 19.7 Å². The molecule has 2 fully saturated rings. The molecular formula is C18H28N2O. The minimum atomic E-state index is 0.443. The van der Waals surface area contributed by atoms with Crippen molar-refractivity contribution in [2.75, 3.05) is 26.2 Å². The van der Waals surface area contributed by atoms with Crippen molar-refractivity contribution in [3.05, 3.63) is 35.9 Å². The van der Waals surface area contributed by atoms with Crippen LogP contribution in [0.3, 0.4) is 0 Å². The summed E-state index contributed by atoms with van der Waals surface area (Å²) in [7, 11) is 0. The topological polar surface area (TPSA) is 15.7 Å². The van der Waals surface area contributed by atoms with Gasteiger partial charge in [-0.05, 0) is 57.2 Å². The van der Waals surface area contributed by atoms with Crippen LogP contribution in [0.5, 0.6) is 0 Å². The lowest BCUT2D eigenvalue weighted by atomic mass is 9.75. The highest BCUT2D eigenvalue weighted by Gasteiger charge is 2.38. The fraction of sp³-hybridized carbons (Fsp3) is 0.667. The van der Waals surface area contributed by atoms with Crippen molar-refractivity contribution in [3.8, 4) is 0 Å². The van der Waals surface area contributed by atoms with Gasteiger partial charge in [-0.25, -0.2) is 0 Å². The quantitative estimate of drug-likeness (QED) is 0.848. The Balaban J connectivity index is 1.49. The van der Waals surface area contributed by atoms with E-state index in [2.05, 4.69) is 54.1 Å². The second-order valence-corrected chi connectivity index (χ2v) is 7.00. The van der Waals surface area contributed by atoms with E-state index in [9.17, 15) is 0 Å². The Kier molecular flexibility index (Phi) is 4.63. The average molecular weight is 288 g/mol. The van der Waals surface area contributed by atoms with Crippen molar-refractivity contribution in [1.82, 2.24) is 9.96 Å². The van der Waals surface area contributed by atoms with Crippen LogP contribution in [0.25, 0.3) is 0 Å². The van der Waals surface area contributed by atoms with E-state index in [0.29, 0.717) is 11.5 Å². The van der Waals surface area contributed by atoms with Crippen LogP contribution in [0.1, 0.15) is 38.7 Å². The molecule has 1 spiro atoms. The third-order valence-electron chi connectivity index (χ3n) is 5.24. The van der Waals surface area contributed by atoms with Gasteiger partial charge < -0.3 is 4.90 Å². The van der Waals surface area contributed by atoms with E-state index in [1.807, 2.05) is 0 Å². The molecule has 21 heavy (non-hydrogen) atoms. The molecule has 0 aromatic heterocycles. The Bertz CT molecular complexity index is 428. The number of hydroxylamine groups is 2. The first kappa shape index (κ1) is 15.0. The summed E-state index contributed by atoms with van der Waals surface area (Å²) in [6, 6.07) is 11.3. The van der Waals surface area contributed by atoms with E-state index >= 15 is 0 Å². The smallest absolute Gasteiger partial charge is 0.0742 e. The molecule has 0 atom stereocenters. The van der Waals surface area contributed by atoms with Gasteiger partial charge in [0.1, 0.15) is 0 Å². The van der Waals surface area contributed by atoms with Gasteiger partial charge in [0.2, 0.25) is 0 Å². The van der Waals surface area contributed by atoms with Gasteiger partial charge in [0.15, 0.2) is 0 Å². The van der Waals surface area contributed by atoms with Crippen LogP contribution < -0.4 is 0 Å². The number of hydrogen-bond donors (Lipinski definition) is 0. The molecule has 2 aliphatic heterocycles. The fourth-order valence-corrected chi connectivity index (χ4v) is 3.55. The zero-order valence-electron chi connectivity index (χ0n) is 13.4. The maximum atomic E-state index is 6.09. The molecular weight excluding hydrogens is 260 g/mol. The molecule has 1 aromatic carbocycles. The molecule has 3 nitrogen and oxygen atoms in total. The van der Waals surface area contributed by atoms with Crippen LogP contribution in [-0.2, 0) is 11.4 Å². The summed E-state index contributed by atoms with van der Waals surface area (Å²) in [6.45, 7) is 9.96. The number of piperidine rings is 1. The Morgan fingerprint density at radius 1 is 1.05 bits per heavy atom. The molecule has 0 radical (unpaired) electrons. The third kappa shape index (κ3) is 3.65. The average Bonchev–Trinajstić information content (AvgIpc) is 2.51. The normalized spacial score (nSPS) is 23.8. The first-order valence-corrected chi connectivity index (χ1v) is 8.33. The van der Waals surface area contributed by atoms with Gasteiger partial charge in [-0.3, -0.25) is 4.84 Å². The Morgan fingerprint density at radius 3 is 2.29 bits per heavy atom. The predicted octanol–water partition coefficient (Wildman–Crippen LogP) is 3.31. The van der Waals surface area contributed by atoms with Gasteiger partial charge in [0, 0.05) is 19.1 Å². The summed E-state index contributed by atoms with van der Waals surface area (Å²) >= 11 is 0. The van der Waals surface area contributed by atoms with Crippen LogP contribution in [0.2, 0.25) is 0 Å². The number of hydrogen-bond acceptors (Lipinski definition) is 3. The van der Waals surface area contributed by atoms with Gasteiger partial charge >= 0.3 is 0 Å². The molecule has 2 aliphatic rings. The highest BCUT2D eigenvalue weighted by atomic mass is 16.7. The summed E-state index contributed by atoms with van der Waals surface area (Å²) in [6.07, 6.45) is 3.88. The van der Waals surface area contributed by atoms with E-state index in [1.165, 1.54) is 37.9 Å². The molecule has 3 rings (SSSR count). The lowest BCUT2D eigenvalue weighted by Crippen LogP contribution is -2.49. The zero-order chi connectivity index (χ0) is 14.7. The van der Waals surface area contributed by atoms with Crippen molar-refractivity contribution in [1.29, 1.82) is 0 Å². The standard InChI is InChI=1S/C18H28N2O/c1-16(2)19-11-8-18(9-12-19)10-13-20(21-15-18)14-17-6-4-3-5-7-17/h3-7,16H,8-15H2,1-2H3. The molecule has 1 aromatic rings. The molecule has 3 heteroatoms. The van der Waals surface area contributed by atoms with Crippen molar-refractivity contribution in [3.63, 3.8) is 0 Å². The van der Waals surface area contributed by atoms with Crippen molar-refractivity contribution in [2.24, 2.45) is 5.41 Å². The molecule has 0 bridgehead atoms. The highest BCUT2D eigenvalue weighted by molar-refractivity contribution is 5.14. The van der Waals surface area contributed by atoms with Crippen molar-refractivity contribution < 1.29 is 4.84 Å². The van der Waals surface area contributed by atoms with E-state index in [-0.39, 0.29) is 0 Å². The van der Waals surface area contributed by atoms with Gasteiger partial charge in [0.05, 0.1) is 6.61 Å². The van der Waals surface area contributed by atoms with Crippen LogP contribution >= 0.6 is 0 Å². The zero-order valence-corrected chi connectivity index (χ0v) is 13.4. The van der Waals surface area contributed by atoms with Crippen LogP contribution in [0.15, 0.2) is 30.3 Å². The number of benzene rings is 1. The maximum Gasteiger partial charge on any atom is 0.0742 e. The number of nitrogens with zero attached hydrogens (tertiary/aromatic N) is 2. The summed E-state index contributed by atoms with van der Waals surface area (Å²) in [5.41, 5.74) is 1.78.